The average Bonchev–Trinajstić information content (AvgIpc) is 2.08. The van der Waals surface area contributed by atoms with Gasteiger partial charge in [-0.2, -0.15) is 5.26 Å². The Balaban J connectivity index is 3.18. The van der Waals surface area contributed by atoms with Gasteiger partial charge in [-0.15, -0.1) is 13.2 Å². The summed E-state index contributed by atoms with van der Waals surface area (Å²) < 4.78 is 38.9. The van der Waals surface area contributed by atoms with Crippen LogP contribution < -0.4 is 4.74 Å². The summed E-state index contributed by atoms with van der Waals surface area (Å²) in [7, 11) is 0. The molecule has 0 aliphatic heterocycles. The Morgan fingerprint density at radius 2 is 2.13 bits per heavy atom. The zero-order chi connectivity index (χ0) is 11.6. The van der Waals surface area contributed by atoms with E-state index < -0.39 is 23.6 Å². The van der Waals surface area contributed by atoms with Crippen molar-refractivity contribution < 1.29 is 23.0 Å². The third-order valence-electron chi connectivity index (χ3n) is 1.25. The van der Waals surface area contributed by atoms with Crippen LogP contribution in [0.15, 0.2) is 10.7 Å². The van der Waals surface area contributed by atoms with Crippen LogP contribution in [-0.2, 0) is 0 Å². The van der Waals surface area contributed by atoms with Crippen LogP contribution in [0.25, 0.3) is 0 Å². The smallest absolute Gasteiger partial charge is 0.505 e. The number of halogens is 4. The van der Waals surface area contributed by atoms with Crippen LogP contribution in [0.3, 0.4) is 0 Å². The quantitative estimate of drug-likeness (QED) is 0.803. The molecule has 1 aromatic rings. The monoisotopic (exact) mass is 282 g/mol. The van der Waals surface area contributed by atoms with E-state index in [4.69, 9.17) is 10.4 Å². The molecule has 0 saturated heterocycles. The molecular weight excluding hydrogens is 281 g/mol. The van der Waals surface area contributed by atoms with Crippen molar-refractivity contribution >= 4 is 15.9 Å². The van der Waals surface area contributed by atoms with Gasteiger partial charge in [-0.1, -0.05) is 0 Å². The van der Waals surface area contributed by atoms with Crippen molar-refractivity contribution in [2.75, 3.05) is 0 Å². The van der Waals surface area contributed by atoms with E-state index in [9.17, 15) is 13.2 Å². The van der Waals surface area contributed by atoms with Gasteiger partial charge >= 0.3 is 6.36 Å². The number of hydrogen-bond donors (Lipinski definition) is 1. The molecule has 0 aliphatic rings. The van der Waals surface area contributed by atoms with E-state index in [-0.39, 0.29) is 4.60 Å². The fourth-order valence-electron chi connectivity index (χ4n) is 0.745. The number of nitriles is 1. The minimum Gasteiger partial charge on any atom is -0.505 e. The number of ether oxygens (including phenoxy) is 1. The standard InChI is InChI=1S/C7H2BrF3N2O2/c8-6-4(14)1-5(3(2-12)13-6)15-7(9,10)11/h1,14H. The first-order chi connectivity index (χ1) is 6.83. The lowest BCUT2D eigenvalue weighted by atomic mass is 10.3. The predicted octanol–water partition coefficient (Wildman–Crippen LogP) is 2.32. The predicted molar refractivity (Wildman–Crippen MR) is 45.0 cm³/mol. The highest BCUT2D eigenvalue weighted by Crippen LogP contribution is 2.31. The van der Waals surface area contributed by atoms with Gasteiger partial charge in [0.15, 0.2) is 17.2 Å². The molecular formula is C7H2BrF3N2O2. The molecule has 1 rings (SSSR count). The Kier molecular flexibility index (Phi) is 3.04. The number of aromatic nitrogens is 1. The van der Waals surface area contributed by atoms with Gasteiger partial charge in [-0.3, -0.25) is 0 Å². The summed E-state index contributed by atoms with van der Waals surface area (Å²) in [6.45, 7) is 0. The van der Waals surface area contributed by atoms with Crippen LogP contribution in [0.4, 0.5) is 13.2 Å². The minimum absolute atomic E-state index is 0.131. The number of pyridine rings is 1. The van der Waals surface area contributed by atoms with E-state index in [0.29, 0.717) is 6.07 Å². The third-order valence-corrected chi connectivity index (χ3v) is 1.84. The molecule has 0 amide bonds. The number of aromatic hydroxyl groups is 1. The molecule has 15 heavy (non-hydrogen) atoms. The van der Waals surface area contributed by atoms with Crippen molar-refractivity contribution in [2.45, 2.75) is 6.36 Å². The van der Waals surface area contributed by atoms with Crippen molar-refractivity contribution in [1.29, 1.82) is 5.26 Å². The summed E-state index contributed by atoms with van der Waals surface area (Å²) in [6.07, 6.45) is -4.94. The second-order valence-electron chi connectivity index (χ2n) is 2.30. The molecule has 0 bridgehead atoms. The molecule has 80 valence electrons. The van der Waals surface area contributed by atoms with Crippen molar-refractivity contribution in [3.05, 3.63) is 16.4 Å². The molecule has 1 N–H and O–H groups in total. The van der Waals surface area contributed by atoms with Gasteiger partial charge in [0, 0.05) is 6.07 Å². The fourth-order valence-corrected chi connectivity index (χ4v) is 1.04. The SMILES string of the molecule is N#Cc1nc(Br)c(O)cc1OC(F)(F)F. The maximum Gasteiger partial charge on any atom is 0.573 e. The molecule has 0 aromatic carbocycles. The Morgan fingerprint density at radius 3 is 2.60 bits per heavy atom. The summed E-state index contributed by atoms with van der Waals surface area (Å²) in [6, 6.07) is 2.06. The van der Waals surface area contributed by atoms with E-state index in [2.05, 4.69) is 25.7 Å². The molecule has 0 unspecified atom stereocenters. The van der Waals surface area contributed by atoms with Crippen LogP contribution in [0.5, 0.6) is 11.5 Å². The van der Waals surface area contributed by atoms with Crippen LogP contribution in [0.2, 0.25) is 0 Å². The minimum atomic E-state index is -4.94. The highest BCUT2D eigenvalue weighted by molar-refractivity contribution is 9.10. The Hall–Kier alpha value is -1.49. The summed E-state index contributed by atoms with van der Waals surface area (Å²) >= 11 is 2.75. The highest BCUT2D eigenvalue weighted by atomic mass is 79.9. The highest BCUT2D eigenvalue weighted by Gasteiger charge is 2.33. The van der Waals surface area contributed by atoms with Gasteiger partial charge in [0.1, 0.15) is 10.7 Å². The van der Waals surface area contributed by atoms with Gasteiger partial charge < -0.3 is 9.84 Å². The maximum absolute atomic E-state index is 11.8. The fraction of sp³-hybridized carbons (Fsp3) is 0.143. The van der Waals surface area contributed by atoms with E-state index >= 15 is 0 Å². The third kappa shape index (κ3) is 2.99. The van der Waals surface area contributed by atoms with Crippen molar-refractivity contribution in [2.24, 2.45) is 0 Å². The van der Waals surface area contributed by atoms with Gasteiger partial charge in [0.2, 0.25) is 0 Å². The van der Waals surface area contributed by atoms with E-state index in [1.165, 1.54) is 6.07 Å². The van der Waals surface area contributed by atoms with Gasteiger partial charge in [0.05, 0.1) is 0 Å². The lowest BCUT2D eigenvalue weighted by molar-refractivity contribution is -0.274. The van der Waals surface area contributed by atoms with E-state index in [0.717, 1.165) is 0 Å². The molecule has 0 saturated carbocycles. The molecule has 8 heteroatoms. The molecule has 0 radical (unpaired) electrons. The number of nitrogens with zero attached hydrogens (tertiary/aromatic N) is 2. The topological polar surface area (TPSA) is 66.1 Å². The van der Waals surface area contributed by atoms with E-state index in [1.54, 1.807) is 0 Å². The maximum atomic E-state index is 11.8. The summed E-state index contributed by atoms with van der Waals surface area (Å²) in [5.41, 5.74) is -0.572. The first kappa shape index (κ1) is 11.6. The van der Waals surface area contributed by atoms with Crippen LogP contribution >= 0.6 is 15.9 Å². The summed E-state index contributed by atoms with van der Waals surface area (Å²) in [5.74, 6) is -1.39. The largest absolute Gasteiger partial charge is 0.573 e. The molecule has 1 aromatic heterocycles. The van der Waals surface area contributed by atoms with Crippen LogP contribution in [-0.4, -0.2) is 16.5 Å². The van der Waals surface area contributed by atoms with Crippen LogP contribution in [0.1, 0.15) is 5.69 Å². The van der Waals surface area contributed by atoms with Crippen molar-refractivity contribution in [1.82, 2.24) is 4.98 Å². The number of rotatable bonds is 1. The number of alkyl halides is 3. The summed E-state index contributed by atoms with van der Waals surface area (Å²) in [4.78, 5) is 3.36. The van der Waals surface area contributed by atoms with Gasteiger partial charge in [-0.05, 0) is 15.9 Å². The zero-order valence-electron chi connectivity index (χ0n) is 6.84. The Labute approximate surface area is 90.0 Å². The van der Waals surface area contributed by atoms with Gasteiger partial charge in [-0.25, -0.2) is 4.98 Å². The first-order valence-corrected chi connectivity index (χ1v) is 4.18. The normalized spacial score (nSPS) is 10.9. The molecule has 0 spiro atoms. The molecule has 0 atom stereocenters. The zero-order valence-corrected chi connectivity index (χ0v) is 8.43. The Bertz CT molecular complexity index is 427. The average molecular weight is 283 g/mol. The van der Waals surface area contributed by atoms with Crippen molar-refractivity contribution in [3.63, 3.8) is 0 Å². The van der Waals surface area contributed by atoms with E-state index in [1.807, 2.05) is 0 Å². The molecule has 4 nitrogen and oxygen atoms in total. The lowest BCUT2D eigenvalue weighted by Gasteiger charge is -2.10. The lowest BCUT2D eigenvalue weighted by Crippen LogP contribution is -2.18. The molecule has 1 heterocycles. The second-order valence-corrected chi connectivity index (χ2v) is 3.06. The number of hydrogen-bond acceptors (Lipinski definition) is 4. The van der Waals surface area contributed by atoms with Crippen molar-refractivity contribution in [3.8, 4) is 17.6 Å². The molecule has 0 aliphatic carbocycles. The Morgan fingerprint density at radius 1 is 1.53 bits per heavy atom. The van der Waals surface area contributed by atoms with Gasteiger partial charge in [0.25, 0.3) is 0 Å². The van der Waals surface area contributed by atoms with Crippen LogP contribution in [0, 0.1) is 11.3 Å². The first-order valence-electron chi connectivity index (χ1n) is 3.39. The second kappa shape index (κ2) is 3.94. The molecule has 0 fully saturated rings. The summed E-state index contributed by atoms with van der Waals surface area (Å²) in [5, 5.41) is 17.5.